The van der Waals surface area contributed by atoms with Crippen LogP contribution in [0.5, 0.6) is 0 Å². The first-order valence-corrected chi connectivity index (χ1v) is 16.9. The molecule has 252 valence electrons. The van der Waals surface area contributed by atoms with E-state index in [1.165, 1.54) is 0 Å². The third-order valence-electron chi connectivity index (χ3n) is 10.2. The van der Waals surface area contributed by atoms with Crippen LogP contribution in [0.25, 0.3) is 0 Å². The van der Waals surface area contributed by atoms with Crippen molar-refractivity contribution in [3.8, 4) is 0 Å². The number of nitrogens with zero attached hydrogens (tertiary/aromatic N) is 1. The van der Waals surface area contributed by atoms with E-state index in [9.17, 15) is 15.0 Å². The van der Waals surface area contributed by atoms with Gasteiger partial charge in [-0.1, -0.05) is 169 Å². The van der Waals surface area contributed by atoms with Gasteiger partial charge in [0.15, 0.2) is 0 Å². The third kappa shape index (κ3) is 5.97. The van der Waals surface area contributed by atoms with Crippen LogP contribution in [-0.4, -0.2) is 39.0 Å². The van der Waals surface area contributed by atoms with Crippen LogP contribution in [-0.2, 0) is 20.8 Å². The number of carbonyl (C=O) groups excluding carboxylic acids is 2. The smallest absolute Gasteiger partial charge is 0.239 e. The average Bonchev–Trinajstić information content (AvgIpc) is 3.04. The highest BCUT2D eigenvalue weighted by Crippen LogP contribution is 2.54. The van der Waals surface area contributed by atoms with Gasteiger partial charge < -0.3 is 20.8 Å². The molecule has 2 unspecified atom stereocenters. The summed E-state index contributed by atoms with van der Waals surface area (Å²) in [5.74, 6) is -1.16. The summed E-state index contributed by atoms with van der Waals surface area (Å²) in [6.45, 7) is 12.0. The van der Waals surface area contributed by atoms with E-state index in [0.29, 0.717) is 41.5 Å². The quantitative estimate of drug-likeness (QED) is 0.159. The Morgan fingerprint density at radius 2 is 0.854 bits per heavy atom. The monoisotopic (exact) mass is 646 g/mol. The maximum atomic E-state index is 15.7. The zero-order chi connectivity index (χ0) is 35.0. The summed E-state index contributed by atoms with van der Waals surface area (Å²) in [6.07, 6.45) is 1.28. The first-order valence-electron chi connectivity index (χ1n) is 16.9. The first kappa shape index (κ1) is 35.1. The maximum Gasteiger partial charge on any atom is 0.239 e. The van der Waals surface area contributed by atoms with Crippen LogP contribution in [0.2, 0.25) is 0 Å². The molecule has 4 N–H and O–H groups in total. The molecule has 1 saturated carbocycles. The van der Waals surface area contributed by atoms with E-state index in [-0.39, 0.29) is 0 Å². The molecule has 0 bridgehead atoms. The molecule has 2 atom stereocenters. The van der Waals surface area contributed by atoms with Gasteiger partial charge in [-0.3, -0.25) is 9.59 Å². The maximum absolute atomic E-state index is 15.7. The van der Waals surface area contributed by atoms with E-state index < -0.39 is 51.3 Å². The molecular weight excluding hydrogens is 596 g/mol. The Morgan fingerprint density at radius 1 is 0.583 bits per heavy atom. The number of carbonyl (C=O) groups is 2. The van der Waals surface area contributed by atoms with Crippen LogP contribution in [0.3, 0.4) is 0 Å². The standard InChI is InChI=1S/C42H50N2O4/c1-38(2,3)34(41(47,30-20-11-7-12-21-30)31-22-13-8-14-23-31)44(37(46)40(36(43)45)28-19-29-40)35(39(4,5)6)42(48,32-24-15-9-16-25-32)33-26-17-10-18-27-33/h7-18,20-27,34-35,47-48H,19,28-29H2,1-6H3,(H2,43,45). The Morgan fingerprint density at radius 3 is 1.04 bits per heavy atom. The number of primary amides is 1. The molecule has 1 fully saturated rings. The van der Waals surface area contributed by atoms with E-state index in [2.05, 4.69) is 0 Å². The fourth-order valence-electron chi connectivity index (χ4n) is 7.95. The lowest BCUT2D eigenvalue weighted by Crippen LogP contribution is -2.72. The minimum Gasteiger partial charge on any atom is -0.378 e. The molecule has 0 aromatic heterocycles. The molecule has 6 nitrogen and oxygen atoms in total. The molecule has 48 heavy (non-hydrogen) atoms. The molecule has 0 heterocycles. The Hall–Kier alpha value is -4.26. The van der Waals surface area contributed by atoms with Gasteiger partial charge in [0, 0.05) is 0 Å². The van der Waals surface area contributed by atoms with Crippen LogP contribution in [0.15, 0.2) is 121 Å². The summed E-state index contributed by atoms with van der Waals surface area (Å²) in [7, 11) is 0. The molecule has 4 aromatic carbocycles. The van der Waals surface area contributed by atoms with E-state index in [0.717, 1.165) is 0 Å². The van der Waals surface area contributed by atoms with Crippen molar-refractivity contribution < 1.29 is 19.8 Å². The second-order valence-corrected chi connectivity index (χ2v) is 15.5. The first-order chi connectivity index (χ1) is 22.6. The Bertz CT molecular complexity index is 1500. The highest BCUT2D eigenvalue weighted by atomic mass is 16.3. The molecule has 1 aliphatic carbocycles. The molecule has 2 amide bonds. The molecule has 4 aromatic rings. The van der Waals surface area contributed by atoms with Crippen molar-refractivity contribution in [1.82, 2.24) is 4.90 Å². The summed E-state index contributed by atoms with van der Waals surface area (Å²) >= 11 is 0. The Balaban J connectivity index is 1.95. The normalized spacial score (nSPS) is 16.3. The van der Waals surface area contributed by atoms with Crippen molar-refractivity contribution in [2.24, 2.45) is 22.0 Å². The molecule has 5 rings (SSSR count). The van der Waals surface area contributed by atoms with Crippen LogP contribution < -0.4 is 5.73 Å². The minimum absolute atomic E-state index is 0.301. The molecule has 0 spiro atoms. The number of rotatable bonds is 10. The number of hydrogen-bond donors (Lipinski definition) is 3. The van der Waals surface area contributed by atoms with Gasteiger partial charge in [-0.15, -0.1) is 0 Å². The van der Waals surface area contributed by atoms with E-state index in [1.807, 2.05) is 163 Å². The second kappa shape index (κ2) is 13.0. The Labute approximate surface area is 285 Å². The summed E-state index contributed by atoms with van der Waals surface area (Å²) in [6, 6.07) is 35.5. The predicted octanol–water partition coefficient (Wildman–Crippen LogP) is 7.17. The lowest BCUT2D eigenvalue weighted by atomic mass is 9.61. The van der Waals surface area contributed by atoms with Crippen molar-refractivity contribution in [2.45, 2.75) is 84.1 Å². The van der Waals surface area contributed by atoms with Gasteiger partial charge in [0.25, 0.3) is 0 Å². The molecule has 0 saturated heterocycles. The lowest BCUT2D eigenvalue weighted by molar-refractivity contribution is -0.188. The summed E-state index contributed by atoms with van der Waals surface area (Å²) < 4.78 is 0. The highest BCUT2D eigenvalue weighted by Gasteiger charge is 2.63. The zero-order valence-corrected chi connectivity index (χ0v) is 29.1. The number of aliphatic hydroxyl groups is 2. The van der Waals surface area contributed by atoms with E-state index in [1.54, 1.807) is 4.90 Å². The van der Waals surface area contributed by atoms with E-state index in [4.69, 9.17) is 5.73 Å². The summed E-state index contributed by atoms with van der Waals surface area (Å²) in [5, 5.41) is 27.2. The fraction of sp³-hybridized carbons (Fsp3) is 0.381. The third-order valence-corrected chi connectivity index (χ3v) is 10.2. The fourth-order valence-corrected chi connectivity index (χ4v) is 7.95. The molecular formula is C42H50N2O4. The van der Waals surface area contributed by atoms with Crippen molar-refractivity contribution in [1.29, 1.82) is 0 Å². The SMILES string of the molecule is CC(C)(C)C(N(C(=O)C1(C(N)=O)CCC1)C(C(C)(C)C)C(O)(c1ccccc1)c1ccccc1)C(O)(c1ccccc1)c1ccccc1. The number of hydrogen-bond acceptors (Lipinski definition) is 4. The van der Waals surface area contributed by atoms with Crippen molar-refractivity contribution in [3.63, 3.8) is 0 Å². The van der Waals surface area contributed by atoms with Gasteiger partial charge in [0.05, 0.1) is 12.1 Å². The number of nitrogens with two attached hydrogens (primary N) is 1. The number of amides is 2. The molecule has 0 radical (unpaired) electrons. The second-order valence-electron chi connectivity index (χ2n) is 15.5. The predicted molar refractivity (Wildman–Crippen MR) is 191 cm³/mol. The van der Waals surface area contributed by atoms with Gasteiger partial charge in [-0.05, 0) is 45.9 Å². The van der Waals surface area contributed by atoms with Crippen LogP contribution in [0.4, 0.5) is 0 Å². The van der Waals surface area contributed by atoms with Gasteiger partial charge in [-0.2, -0.15) is 0 Å². The summed E-state index contributed by atoms with van der Waals surface area (Å²) in [5.41, 5.74) is 1.84. The van der Waals surface area contributed by atoms with Gasteiger partial charge in [0.1, 0.15) is 16.6 Å². The highest BCUT2D eigenvalue weighted by molar-refractivity contribution is 6.05. The lowest BCUT2D eigenvalue weighted by Gasteiger charge is -2.60. The molecule has 0 aliphatic heterocycles. The van der Waals surface area contributed by atoms with Gasteiger partial charge in [0.2, 0.25) is 11.8 Å². The molecule has 6 heteroatoms. The van der Waals surface area contributed by atoms with Gasteiger partial charge in [-0.25, -0.2) is 0 Å². The van der Waals surface area contributed by atoms with Crippen LogP contribution >= 0.6 is 0 Å². The van der Waals surface area contributed by atoms with Gasteiger partial charge >= 0.3 is 0 Å². The zero-order valence-electron chi connectivity index (χ0n) is 29.1. The van der Waals surface area contributed by atoms with Crippen molar-refractivity contribution in [2.75, 3.05) is 0 Å². The largest absolute Gasteiger partial charge is 0.378 e. The molecule has 1 aliphatic rings. The van der Waals surface area contributed by atoms with Crippen LogP contribution in [0, 0.1) is 16.2 Å². The minimum atomic E-state index is -1.78. The summed E-state index contributed by atoms with van der Waals surface area (Å²) in [4.78, 5) is 30.8. The average molecular weight is 647 g/mol. The number of benzene rings is 4. The Kier molecular flexibility index (Phi) is 9.48. The van der Waals surface area contributed by atoms with Crippen molar-refractivity contribution in [3.05, 3.63) is 144 Å². The van der Waals surface area contributed by atoms with Crippen LogP contribution in [0.1, 0.15) is 83.1 Å². The van der Waals surface area contributed by atoms with E-state index >= 15 is 4.79 Å². The van der Waals surface area contributed by atoms with Crippen molar-refractivity contribution >= 4 is 11.8 Å². The topological polar surface area (TPSA) is 104 Å².